The first-order valence-electron chi connectivity index (χ1n) is 4.09. The van der Waals surface area contributed by atoms with Gasteiger partial charge in [-0.25, -0.2) is 4.68 Å². The quantitative estimate of drug-likeness (QED) is 0.604. The van der Waals surface area contributed by atoms with E-state index in [-0.39, 0.29) is 11.7 Å². The van der Waals surface area contributed by atoms with Crippen LogP contribution in [0.25, 0.3) is 0 Å². The number of carbonyl (C=O) groups is 1. The average molecular weight is 165 g/mol. The Morgan fingerprint density at radius 1 is 1.75 bits per heavy atom. The van der Waals surface area contributed by atoms with Gasteiger partial charge in [-0.2, -0.15) is 0 Å². The van der Waals surface area contributed by atoms with Crippen molar-refractivity contribution < 1.29 is 4.79 Å². The summed E-state index contributed by atoms with van der Waals surface area (Å²) in [6.45, 7) is 2.09. The summed E-state index contributed by atoms with van der Waals surface area (Å²) in [5.41, 5.74) is 0.629. The number of nitrogens with zero attached hydrogens (tertiary/aromatic N) is 3. The summed E-state index contributed by atoms with van der Waals surface area (Å²) in [5.74, 6) is 0.963. The lowest BCUT2D eigenvalue weighted by atomic mass is 10.2. The zero-order valence-electron chi connectivity index (χ0n) is 7.19. The molecule has 64 valence electrons. The highest BCUT2D eigenvalue weighted by molar-refractivity contribution is 5.97. The Morgan fingerprint density at radius 2 is 2.42 bits per heavy atom. The molecule has 1 fully saturated rings. The van der Waals surface area contributed by atoms with Crippen LogP contribution in [-0.4, -0.2) is 20.8 Å². The Balaban J connectivity index is 2.20. The normalized spacial score (nSPS) is 27.2. The average Bonchev–Trinajstić information content (AvgIpc) is 2.59. The molecule has 0 aliphatic heterocycles. The van der Waals surface area contributed by atoms with Crippen molar-refractivity contribution >= 4 is 5.78 Å². The summed E-state index contributed by atoms with van der Waals surface area (Å²) >= 11 is 0. The zero-order chi connectivity index (χ0) is 8.72. The van der Waals surface area contributed by atoms with Crippen molar-refractivity contribution in [1.29, 1.82) is 0 Å². The van der Waals surface area contributed by atoms with E-state index in [4.69, 9.17) is 0 Å². The Labute approximate surface area is 70.6 Å². The number of aromatic nitrogens is 3. The van der Waals surface area contributed by atoms with Crippen LogP contribution in [0.15, 0.2) is 6.20 Å². The maximum Gasteiger partial charge on any atom is 0.185 e. The molecule has 1 aromatic heterocycles. The lowest BCUT2D eigenvalue weighted by Crippen LogP contribution is -2.09. The fraction of sp³-hybridized carbons (Fsp3) is 0.625. The van der Waals surface area contributed by atoms with Gasteiger partial charge in [0.05, 0.1) is 6.20 Å². The van der Waals surface area contributed by atoms with Crippen molar-refractivity contribution in [2.45, 2.75) is 13.3 Å². The lowest BCUT2D eigenvalue weighted by molar-refractivity contribution is 0.0953. The third-order valence-corrected chi connectivity index (χ3v) is 2.41. The van der Waals surface area contributed by atoms with Crippen molar-refractivity contribution in [2.75, 3.05) is 0 Å². The number of carbonyl (C=O) groups excluding carboxylic acids is 1. The Kier molecular flexibility index (Phi) is 1.49. The molecular formula is C8H11N3O. The standard InChI is InChI=1S/C8H11N3O/c1-5-3-6(5)8(12)7-4-9-10-11(7)2/h4-6H,3H2,1-2H3. The van der Waals surface area contributed by atoms with Gasteiger partial charge in [-0.1, -0.05) is 12.1 Å². The Hall–Kier alpha value is -1.19. The molecule has 1 aromatic rings. The minimum atomic E-state index is 0.190. The highest BCUT2D eigenvalue weighted by atomic mass is 16.1. The fourth-order valence-electron chi connectivity index (χ4n) is 1.39. The molecule has 0 saturated heterocycles. The van der Waals surface area contributed by atoms with Gasteiger partial charge >= 0.3 is 0 Å². The van der Waals surface area contributed by atoms with Crippen LogP contribution in [-0.2, 0) is 7.05 Å². The van der Waals surface area contributed by atoms with Crippen LogP contribution in [0.2, 0.25) is 0 Å². The molecule has 0 spiro atoms. The number of rotatable bonds is 2. The molecule has 2 atom stereocenters. The molecule has 12 heavy (non-hydrogen) atoms. The Morgan fingerprint density at radius 3 is 2.83 bits per heavy atom. The van der Waals surface area contributed by atoms with Gasteiger partial charge in [-0.05, 0) is 12.3 Å². The second-order valence-electron chi connectivity index (χ2n) is 3.43. The van der Waals surface area contributed by atoms with E-state index >= 15 is 0 Å². The van der Waals surface area contributed by atoms with Gasteiger partial charge in [0.15, 0.2) is 5.78 Å². The van der Waals surface area contributed by atoms with Crippen LogP contribution < -0.4 is 0 Å². The predicted octanol–water partition coefficient (Wildman–Crippen LogP) is 0.654. The first-order valence-corrected chi connectivity index (χ1v) is 4.09. The van der Waals surface area contributed by atoms with Crippen molar-refractivity contribution in [3.05, 3.63) is 11.9 Å². The minimum Gasteiger partial charge on any atom is -0.292 e. The van der Waals surface area contributed by atoms with Crippen LogP contribution >= 0.6 is 0 Å². The van der Waals surface area contributed by atoms with E-state index in [1.54, 1.807) is 7.05 Å². The molecule has 2 rings (SSSR count). The third-order valence-electron chi connectivity index (χ3n) is 2.41. The number of ketones is 1. The van der Waals surface area contributed by atoms with Crippen LogP contribution in [0.1, 0.15) is 23.8 Å². The molecule has 1 heterocycles. The molecular weight excluding hydrogens is 154 g/mol. The topological polar surface area (TPSA) is 47.8 Å². The molecule has 0 N–H and O–H groups in total. The smallest absolute Gasteiger partial charge is 0.185 e. The molecule has 1 saturated carbocycles. The molecule has 0 bridgehead atoms. The number of hydrogen-bond acceptors (Lipinski definition) is 3. The summed E-state index contributed by atoms with van der Waals surface area (Å²) in [4.78, 5) is 11.6. The maximum atomic E-state index is 11.6. The fourth-order valence-corrected chi connectivity index (χ4v) is 1.39. The van der Waals surface area contributed by atoms with Gasteiger partial charge in [0.25, 0.3) is 0 Å². The van der Waals surface area contributed by atoms with E-state index in [2.05, 4.69) is 17.2 Å². The lowest BCUT2D eigenvalue weighted by Gasteiger charge is -1.96. The van der Waals surface area contributed by atoms with Gasteiger partial charge in [-0.3, -0.25) is 4.79 Å². The van der Waals surface area contributed by atoms with Crippen molar-refractivity contribution in [2.24, 2.45) is 18.9 Å². The van der Waals surface area contributed by atoms with E-state index in [1.165, 1.54) is 10.9 Å². The maximum absolute atomic E-state index is 11.6. The Bertz CT molecular complexity index is 318. The summed E-state index contributed by atoms with van der Waals surface area (Å²) in [5, 5.41) is 7.39. The predicted molar refractivity (Wildman–Crippen MR) is 42.6 cm³/mol. The number of hydrogen-bond donors (Lipinski definition) is 0. The van der Waals surface area contributed by atoms with Gasteiger partial charge in [-0.15, -0.1) is 5.10 Å². The van der Waals surface area contributed by atoms with Crippen LogP contribution in [0.5, 0.6) is 0 Å². The van der Waals surface area contributed by atoms with E-state index in [0.717, 1.165) is 6.42 Å². The minimum absolute atomic E-state index is 0.190. The van der Waals surface area contributed by atoms with Gasteiger partial charge in [0.1, 0.15) is 5.69 Å². The summed E-state index contributed by atoms with van der Waals surface area (Å²) in [7, 11) is 1.74. The van der Waals surface area contributed by atoms with Gasteiger partial charge in [0.2, 0.25) is 0 Å². The van der Waals surface area contributed by atoms with Crippen molar-refractivity contribution in [3.8, 4) is 0 Å². The van der Waals surface area contributed by atoms with E-state index in [1.807, 2.05) is 0 Å². The second kappa shape index (κ2) is 2.40. The van der Waals surface area contributed by atoms with Crippen LogP contribution in [0, 0.1) is 11.8 Å². The monoisotopic (exact) mass is 165 g/mol. The van der Waals surface area contributed by atoms with Gasteiger partial charge < -0.3 is 0 Å². The molecule has 2 unspecified atom stereocenters. The van der Waals surface area contributed by atoms with Crippen molar-refractivity contribution in [1.82, 2.24) is 15.0 Å². The molecule has 0 radical (unpaired) electrons. The molecule has 4 nitrogen and oxygen atoms in total. The molecule has 1 aliphatic rings. The molecule has 0 aromatic carbocycles. The molecule has 0 amide bonds. The highest BCUT2D eigenvalue weighted by Crippen LogP contribution is 2.39. The number of Topliss-reactive ketones (excluding diaryl/α,β-unsaturated/α-hetero) is 1. The van der Waals surface area contributed by atoms with Gasteiger partial charge in [0, 0.05) is 13.0 Å². The summed E-state index contributed by atoms with van der Waals surface area (Å²) < 4.78 is 1.54. The highest BCUT2D eigenvalue weighted by Gasteiger charge is 2.40. The largest absolute Gasteiger partial charge is 0.292 e. The first-order chi connectivity index (χ1) is 5.70. The molecule has 4 heteroatoms. The van der Waals surface area contributed by atoms with E-state index < -0.39 is 0 Å². The SMILES string of the molecule is CC1CC1C(=O)c1cnnn1C. The summed E-state index contributed by atoms with van der Waals surface area (Å²) in [6, 6.07) is 0. The summed E-state index contributed by atoms with van der Waals surface area (Å²) in [6.07, 6.45) is 2.55. The second-order valence-corrected chi connectivity index (χ2v) is 3.43. The van der Waals surface area contributed by atoms with E-state index in [9.17, 15) is 4.79 Å². The molecule has 1 aliphatic carbocycles. The van der Waals surface area contributed by atoms with E-state index in [0.29, 0.717) is 11.6 Å². The third kappa shape index (κ3) is 1.03. The number of aryl methyl sites for hydroxylation is 1. The van der Waals surface area contributed by atoms with Crippen LogP contribution in [0.4, 0.5) is 0 Å². The van der Waals surface area contributed by atoms with Crippen LogP contribution in [0.3, 0.4) is 0 Å². The first kappa shape index (κ1) is 7.46. The van der Waals surface area contributed by atoms with Crippen molar-refractivity contribution in [3.63, 3.8) is 0 Å². The zero-order valence-corrected chi connectivity index (χ0v) is 7.19.